The first-order chi connectivity index (χ1) is 11.2. The molecule has 2 N–H and O–H groups in total. The monoisotopic (exact) mass is 333 g/mol. The first-order valence-electron chi connectivity index (χ1n) is 7.32. The Kier molecular flexibility index (Phi) is 9.46. The van der Waals surface area contributed by atoms with Gasteiger partial charge in [-0.15, -0.1) is 12.3 Å². The largest absolute Gasteiger partial charge is 0.464 e. The van der Waals surface area contributed by atoms with Gasteiger partial charge in [0.05, 0.1) is 18.8 Å². The molecule has 0 fully saturated rings. The molecule has 1 aromatic heterocycles. The third-order valence-electron chi connectivity index (χ3n) is 2.67. The van der Waals surface area contributed by atoms with Crippen LogP contribution in [0, 0.1) is 23.8 Å². The van der Waals surface area contributed by atoms with E-state index in [1.165, 1.54) is 0 Å². The van der Waals surface area contributed by atoms with E-state index in [-0.39, 0.29) is 0 Å². The van der Waals surface area contributed by atoms with Crippen molar-refractivity contribution in [2.75, 3.05) is 32.9 Å². The van der Waals surface area contributed by atoms with Crippen LogP contribution in [0.4, 0.5) is 0 Å². The van der Waals surface area contributed by atoms with E-state index in [2.05, 4.69) is 26.4 Å². The van der Waals surface area contributed by atoms with E-state index < -0.39 is 0 Å². The topological polar surface area (TPSA) is 76.6 Å². The predicted molar refractivity (Wildman–Crippen MR) is 94.8 cm³/mol. The summed E-state index contributed by atoms with van der Waals surface area (Å²) in [5.41, 5.74) is 0. The summed E-state index contributed by atoms with van der Waals surface area (Å²) >= 11 is 1.76. The van der Waals surface area contributed by atoms with E-state index in [1.54, 1.807) is 11.8 Å². The van der Waals surface area contributed by atoms with Crippen molar-refractivity contribution < 1.29 is 4.42 Å². The van der Waals surface area contributed by atoms with Crippen LogP contribution in [0.15, 0.2) is 21.5 Å². The second kappa shape index (κ2) is 11.5. The number of guanidine groups is 1. The summed E-state index contributed by atoms with van der Waals surface area (Å²) in [5, 5.41) is 14.3. The zero-order chi connectivity index (χ0) is 16.9. The Morgan fingerprint density at radius 3 is 2.91 bits per heavy atom. The summed E-state index contributed by atoms with van der Waals surface area (Å²) < 4.78 is 5.75. The number of nitrogens with zero attached hydrogens (tertiary/aromatic N) is 3. The van der Waals surface area contributed by atoms with Crippen molar-refractivity contribution in [1.82, 2.24) is 15.5 Å². The Morgan fingerprint density at radius 1 is 1.43 bits per heavy atom. The molecule has 0 radical (unpaired) electrons. The van der Waals surface area contributed by atoms with E-state index >= 15 is 0 Å². The SMILES string of the molecule is C#CCCN=C(NC#N)NCCSCc1ccc(CN(C)C)o1. The minimum absolute atomic E-state index is 0.467. The second-order valence-electron chi connectivity index (χ2n) is 5.01. The summed E-state index contributed by atoms with van der Waals surface area (Å²) in [4.78, 5) is 6.26. The number of hydrogen-bond donors (Lipinski definition) is 2. The number of rotatable bonds is 9. The Labute approximate surface area is 142 Å². The van der Waals surface area contributed by atoms with Crippen LogP contribution in [0.3, 0.4) is 0 Å². The second-order valence-corrected chi connectivity index (χ2v) is 6.11. The number of terminal acetylenes is 1. The normalized spacial score (nSPS) is 11.1. The number of furan rings is 1. The highest BCUT2D eigenvalue weighted by molar-refractivity contribution is 7.98. The maximum atomic E-state index is 8.67. The average molecular weight is 333 g/mol. The molecule has 0 aliphatic carbocycles. The Morgan fingerprint density at radius 2 is 2.22 bits per heavy atom. The van der Waals surface area contributed by atoms with Gasteiger partial charge in [-0.05, 0) is 26.2 Å². The molecule has 0 unspecified atom stereocenters. The average Bonchev–Trinajstić information content (AvgIpc) is 2.93. The quantitative estimate of drug-likeness (QED) is 0.179. The Balaban J connectivity index is 2.23. The zero-order valence-electron chi connectivity index (χ0n) is 13.6. The molecular formula is C16H23N5OS. The molecule has 124 valence electrons. The maximum absolute atomic E-state index is 8.67. The number of aliphatic imine (C=N–C) groups is 1. The van der Waals surface area contributed by atoms with Gasteiger partial charge >= 0.3 is 0 Å². The lowest BCUT2D eigenvalue weighted by Gasteiger charge is -2.07. The van der Waals surface area contributed by atoms with Gasteiger partial charge in [-0.3, -0.25) is 10.3 Å². The molecule has 6 nitrogen and oxygen atoms in total. The highest BCUT2D eigenvalue weighted by atomic mass is 32.2. The minimum Gasteiger partial charge on any atom is -0.464 e. The predicted octanol–water partition coefficient (Wildman–Crippen LogP) is 1.61. The Bertz CT molecular complexity index is 568. The first kappa shape index (κ1) is 19.0. The van der Waals surface area contributed by atoms with Crippen LogP contribution in [-0.2, 0) is 12.3 Å². The van der Waals surface area contributed by atoms with Crippen molar-refractivity contribution in [1.29, 1.82) is 5.26 Å². The highest BCUT2D eigenvalue weighted by Crippen LogP contribution is 2.15. The number of nitrogens with one attached hydrogen (secondary N) is 2. The van der Waals surface area contributed by atoms with Crippen LogP contribution in [-0.4, -0.2) is 43.8 Å². The summed E-state index contributed by atoms with van der Waals surface area (Å²) in [6.45, 7) is 2.02. The molecule has 0 saturated heterocycles. The molecule has 0 bridgehead atoms. The minimum atomic E-state index is 0.467. The lowest BCUT2D eigenvalue weighted by Crippen LogP contribution is -2.36. The number of thioether (sulfide) groups is 1. The molecule has 0 aromatic carbocycles. The zero-order valence-corrected chi connectivity index (χ0v) is 14.4. The van der Waals surface area contributed by atoms with Gasteiger partial charge in [0.25, 0.3) is 0 Å². The summed E-state index contributed by atoms with van der Waals surface area (Å²) in [5.74, 6) is 6.63. The van der Waals surface area contributed by atoms with Gasteiger partial charge in [0, 0.05) is 18.7 Å². The van der Waals surface area contributed by atoms with Gasteiger partial charge in [0.2, 0.25) is 5.96 Å². The molecule has 0 aliphatic heterocycles. The summed E-state index contributed by atoms with van der Waals surface area (Å²) in [7, 11) is 4.03. The summed E-state index contributed by atoms with van der Waals surface area (Å²) in [6, 6.07) is 4.03. The fourth-order valence-electron chi connectivity index (χ4n) is 1.74. The van der Waals surface area contributed by atoms with Crippen LogP contribution in [0.1, 0.15) is 17.9 Å². The van der Waals surface area contributed by atoms with Gasteiger partial charge in [0.15, 0.2) is 6.19 Å². The van der Waals surface area contributed by atoms with Crippen molar-refractivity contribution in [2.24, 2.45) is 4.99 Å². The molecule has 23 heavy (non-hydrogen) atoms. The number of hydrogen-bond acceptors (Lipinski definition) is 5. The van der Waals surface area contributed by atoms with Crippen LogP contribution < -0.4 is 10.6 Å². The van der Waals surface area contributed by atoms with Crippen LogP contribution >= 0.6 is 11.8 Å². The molecule has 1 rings (SSSR count). The van der Waals surface area contributed by atoms with Gasteiger partial charge in [-0.1, -0.05) is 0 Å². The molecule has 0 amide bonds. The lowest BCUT2D eigenvalue weighted by molar-refractivity contribution is 0.344. The van der Waals surface area contributed by atoms with Crippen LogP contribution in [0.2, 0.25) is 0 Å². The lowest BCUT2D eigenvalue weighted by atomic mass is 10.4. The van der Waals surface area contributed by atoms with E-state index in [1.807, 2.05) is 32.4 Å². The molecule has 0 saturated carbocycles. The Hall–Kier alpha value is -2.09. The third kappa shape index (κ3) is 8.82. The molecule has 1 heterocycles. The molecule has 0 atom stereocenters. The maximum Gasteiger partial charge on any atom is 0.204 e. The molecule has 0 spiro atoms. The van der Waals surface area contributed by atoms with E-state index in [0.29, 0.717) is 25.5 Å². The van der Waals surface area contributed by atoms with Crippen molar-refractivity contribution in [3.8, 4) is 18.5 Å². The van der Waals surface area contributed by atoms with Crippen molar-refractivity contribution in [3.05, 3.63) is 23.7 Å². The van der Waals surface area contributed by atoms with Crippen molar-refractivity contribution in [2.45, 2.75) is 18.7 Å². The fourth-order valence-corrected chi connectivity index (χ4v) is 2.48. The molecule has 1 aromatic rings. The van der Waals surface area contributed by atoms with Gasteiger partial charge < -0.3 is 14.6 Å². The van der Waals surface area contributed by atoms with Gasteiger partial charge in [0.1, 0.15) is 11.5 Å². The van der Waals surface area contributed by atoms with Crippen molar-refractivity contribution in [3.63, 3.8) is 0 Å². The number of nitriles is 1. The van der Waals surface area contributed by atoms with E-state index in [9.17, 15) is 0 Å². The third-order valence-corrected chi connectivity index (χ3v) is 3.65. The van der Waals surface area contributed by atoms with Crippen LogP contribution in [0.25, 0.3) is 0 Å². The fraction of sp³-hybridized carbons (Fsp3) is 0.500. The van der Waals surface area contributed by atoms with Crippen molar-refractivity contribution >= 4 is 17.7 Å². The van der Waals surface area contributed by atoms with Gasteiger partial charge in [-0.25, -0.2) is 0 Å². The molecular weight excluding hydrogens is 310 g/mol. The van der Waals surface area contributed by atoms with Gasteiger partial charge in [-0.2, -0.15) is 17.0 Å². The smallest absolute Gasteiger partial charge is 0.204 e. The first-order valence-corrected chi connectivity index (χ1v) is 8.48. The standard InChI is InChI=1S/C16H23N5OS/c1-4-5-8-18-16(20-13-17)19-9-10-23-12-15-7-6-14(22-15)11-21(2)3/h1,6-7H,5,8-12H2,2-3H3,(H2,18,19,20). The van der Waals surface area contributed by atoms with Crippen LogP contribution in [0.5, 0.6) is 0 Å². The highest BCUT2D eigenvalue weighted by Gasteiger charge is 2.03. The van der Waals surface area contributed by atoms with E-state index in [0.717, 1.165) is 29.6 Å². The summed E-state index contributed by atoms with van der Waals surface area (Å²) in [6.07, 6.45) is 7.59. The van der Waals surface area contributed by atoms with E-state index in [4.69, 9.17) is 16.1 Å². The molecule has 0 aliphatic rings. The molecule has 7 heteroatoms.